The standard InChI is InChI=1S/C17H21N3O2/c1-12-16(13(2)22-19-12)17(21)18-15-7-5-14(6-8-15)11-20-9-3-4-10-20/h5-8H,3-4,9-11H2,1-2H3,(H,18,21). The predicted molar refractivity (Wildman–Crippen MR) is 84.9 cm³/mol. The lowest BCUT2D eigenvalue weighted by atomic mass is 10.1. The molecule has 2 aromatic rings. The van der Waals surface area contributed by atoms with E-state index in [1.807, 2.05) is 12.1 Å². The zero-order valence-electron chi connectivity index (χ0n) is 13.1. The molecule has 0 atom stereocenters. The van der Waals surface area contributed by atoms with Gasteiger partial charge < -0.3 is 9.84 Å². The van der Waals surface area contributed by atoms with Gasteiger partial charge >= 0.3 is 0 Å². The van der Waals surface area contributed by atoms with E-state index in [4.69, 9.17) is 4.52 Å². The second kappa shape index (κ2) is 6.32. The van der Waals surface area contributed by atoms with E-state index < -0.39 is 0 Å². The molecule has 0 aliphatic carbocycles. The fourth-order valence-electron chi connectivity index (χ4n) is 2.89. The lowest BCUT2D eigenvalue weighted by Crippen LogP contribution is -2.18. The third-order valence-corrected chi connectivity index (χ3v) is 4.08. The number of likely N-dealkylation sites (tertiary alicyclic amines) is 1. The van der Waals surface area contributed by atoms with Crippen molar-refractivity contribution in [1.82, 2.24) is 10.1 Å². The number of carbonyl (C=O) groups excluding carboxylic acids is 1. The van der Waals surface area contributed by atoms with Crippen molar-refractivity contribution in [3.05, 3.63) is 46.8 Å². The highest BCUT2D eigenvalue weighted by Crippen LogP contribution is 2.18. The number of hydrogen-bond acceptors (Lipinski definition) is 4. The van der Waals surface area contributed by atoms with Crippen molar-refractivity contribution in [2.75, 3.05) is 18.4 Å². The van der Waals surface area contributed by atoms with Gasteiger partial charge in [0.05, 0.1) is 5.69 Å². The number of rotatable bonds is 4. The molecule has 0 bridgehead atoms. The second-order valence-electron chi connectivity index (χ2n) is 5.83. The van der Waals surface area contributed by atoms with Crippen molar-refractivity contribution < 1.29 is 9.32 Å². The molecule has 0 unspecified atom stereocenters. The Labute approximate surface area is 130 Å². The van der Waals surface area contributed by atoms with E-state index in [1.54, 1.807) is 13.8 Å². The second-order valence-corrected chi connectivity index (χ2v) is 5.83. The molecule has 1 aromatic heterocycles. The van der Waals surface area contributed by atoms with Crippen LogP contribution in [-0.2, 0) is 6.54 Å². The Hall–Kier alpha value is -2.14. The molecule has 1 aliphatic heterocycles. The Bertz CT molecular complexity index is 636. The lowest BCUT2D eigenvalue weighted by molar-refractivity contribution is 0.102. The normalized spacial score (nSPS) is 15.2. The number of nitrogens with one attached hydrogen (secondary N) is 1. The summed E-state index contributed by atoms with van der Waals surface area (Å²) in [6.45, 7) is 6.87. The van der Waals surface area contributed by atoms with Gasteiger partial charge in [-0.05, 0) is 57.5 Å². The van der Waals surface area contributed by atoms with E-state index in [9.17, 15) is 4.79 Å². The van der Waals surface area contributed by atoms with Gasteiger partial charge in [0.1, 0.15) is 11.3 Å². The van der Waals surface area contributed by atoms with Crippen molar-refractivity contribution >= 4 is 11.6 Å². The van der Waals surface area contributed by atoms with Crippen molar-refractivity contribution in [2.45, 2.75) is 33.2 Å². The van der Waals surface area contributed by atoms with Gasteiger partial charge in [0, 0.05) is 12.2 Å². The Morgan fingerprint density at radius 3 is 2.50 bits per heavy atom. The summed E-state index contributed by atoms with van der Waals surface area (Å²) < 4.78 is 5.03. The Kier molecular flexibility index (Phi) is 4.24. The van der Waals surface area contributed by atoms with Crippen LogP contribution in [0.25, 0.3) is 0 Å². The number of carbonyl (C=O) groups is 1. The van der Waals surface area contributed by atoms with E-state index in [0.29, 0.717) is 17.0 Å². The molecule has 0 spiro atoms. The van der Waals surface area contributed by atoms with Crippen LogP contribution in [0.15, 0.2) is 28.8 Å². The molecule has 5 heteroatoms. The topological polar surface area (TPSA) is 58.4 Å². The van der Waals surface area contributed by atoms with Gasteiger partial charge in [0.25, 0.3) is 5.91 Å². The van der Waals surface area contributed by atoms with Crippen molar-refractivity contribution in [3.8, 4) is 0 Å². The maximum atomic E-state index is 12.3. The Balaban J connectivity index is 1.64. The van der Waals surface area contributed by atoms with Crippen LogP contribution < -0.4 is 5.32 Å². The van der Waals surface area contributed by atoms with E-state index in [2.05, 4.69) is 27.5 Å². The van der Waals surface area contributed by atoms with Gasteiger partial charge in [-0.1, -0.05) is 17.3 Å². The first kappa shape index (κ1) is 14.8. The Morgan fingerprint density at radius 1 is 1.23 bits per heavy atom. The van der Waals surface area contributed by atoms with Crippen LogP contribution in [0.1, 0.15) is 40.2 Å². The molecular weight excluding hydrogens is 278 g/mol. The number of benzene rings is 1. The van der Waals surface area contributed by atoms with Gasteiger partial charge in [-0.25, -0.2) is 0 Å². The number of aromatic nitrogens is 1. The predicted octanol–water partition coefficient (Wildman–Crippen LogP) is 3.14. The van der Waals surface area contributed by atoms with E-state index in [1.165, 1.54) is 31.5 Å². The average Bonchev–Trinajstić information content (AvgIpc) is 3.11. The summed E-state index contributed by atoms with van der Waals surface area (Å²) in [6.07, 6.45) is 2.59. The summed E-state index contributed by atoms with van der Waals surface area (Å²) >= 11 is 0. The summed E-state index contributed by atoms with van der Waals surface area (Å²) in [4.78, 5) is 14.7. The van der Waals surface area contributed by atoms with Crippen LogP contribution in [0.2, 0.25) is 0 Å². The molecule has 3 rings (SSSR count). The van der Waals surface area contributed by atoms with E-state index in [-0.39, 0.29) is 5.91 Å². The third-order valence-electron chi connectivity index (χ3n) is 4.08. The van der Waals surface area contributed by atoms with Crippen molar-refractivity contribution in [2.24, 2.45) is 0 Å². The molecule has 1 aliphatic rings. The number of hydrogen-bond donors (Lipinski definition) is 1. The highest BCUT2D eigenvalue weighted by Gasteiger charge is 2.17. The molecule has 116 valence electrons. The minimum absolute atomic E-state index is 0.177. The van der Waals surface area contributed by atoms with Gasteiger partial charge in [-0.2, -0.15) is 0 Å². The third kappa shape index (κ3) is 3.20. The van der Waals surface area contributed by atoms with E-state index in [0.717, 1.165) is 12.2 Å². The largest absolute Gasteiger partial charge is 0.361 e. The zero-order chi connectivity index (χ0) is 15.5. The summed E-state index contributed by atoms with van der Waals surface area (Å²) in [5, 5.41) is 6.70. The van der Waals surface area contributed by atoms with Crippen LogP contribution in [0.3, 0.4) is 0 Å². The SMILES string of the molecule is Cc1noc(C)c1C(=O)Nc1ccc(CN2CCCC2)cc1. The van der Waals surface area contributed by atoms with Gasteiger partial charge in [-0.3, -0.25) is 9.69 Å². The van der Waals surface area contributed by atoms with Crippen LogP contribution >= 0.6 is 0 Å². The number of amides is 1. The smallest absolute Gasteiger partial charge is 0.261 e. The van der Waals surface area contributed by atoms with Gasteiger partial charge in [0.2, 0.25) is 0 Å². The highest BCUT2D eigenvalue weighted by atomic mass is 16.5. The first-order valence-electron chi connectivity index (χ1n) is 7.69. The minimum Gasteiger partial charge on any atom is -0.361 e. The number of nitrogens with zero attached hydrogens (tertiary/aromatic N) is 2. The quantitative estimate of drug-likeness (QED) is 0.942. The Morgan fingerprint density at radius 2 is 1.91 bits per heavy atom. The fraction of sp³-hybridized carbons (Fsp3) is 0.412. The molecule has 1 aromatic carbocycles. The minimum atomic E-state index is -0.177. The highest BCUT2D eigenvalue weighted by molar-refractivity contribution is 6.05. The lowest BCUT2D eigenvalue weighted by Gasteiger charge is -2.14. The summed E-state index contributed by atoms with van der Waals surface area (Å²) in [7, 11) is 0. The summed E-state index contributed by atoms with van der Waals surface area (Å²) in [5.41, 5.74) is 3.19. The van der Waals surface area contributed by atoms with Crippen LogP contribution in [0.5, 0.6) is 0 Å². The molecule has 1 N–H and O–H groups in total. The summed E-state index contributed by atoms with van der Waals surface area (Å²) in [5.74, 6) is 0.365. The maximum Gasteiger partial charge on any atom is 0.261 e. The van der Waals surface area contributed by atoms with Crippen LogP contribution in [0, 0.1) is 13.8 Å². The monoisotopic (exact) mass is 299 g/mol. The molecule has 22 heavy (non-hydrogen) atoms. The van der Waals surface area contributed by atoms with Crippen LogP contribution in [0.4, 0.5) is 5.69 Å². The first-order valence-corrected chi connectivity index (χ1v) is 7.69. The summed E-state index contributed by atoms with van der Waals surface area (Å²) in [6, 6.07) is 8.03. The molecule has 1 amide bonds. The van der Waals surface area contributed by atoms with Gasteiger partial charge in [-0.15, -0.1) is 0 Å². The maximum absolute atomic E-state index is 12.3. The molecule has 2 heterocycles. The van der Waals surface area contributed by atoms with Gasteiger partial charge in [0.15, 0.2) is 0 Å². The molecule has 0 saturated carbocycles. The average molecular weight is 299 g/mol. The molecule has 1 fully saturated rings. The number of aryl methyl sites for hydroxylation is 2. The molecule has 0 radical (unpaired) electrons. The molecule has 1 saturated heterocycles. The molecular formula is C17H21N3O2. The number of anilines is 1. The van der Waals surface area contributed by atoms with Crippen molar-refractivity contribution in [1.29, 1.82) is 0 Å². The van der Waals surface area contributed by atoms with E-state index >= 15 is 0 Å². The van der Waals surface area contributed by atoms with Crippen molar-refractivity contribution in [3.63, 3.8) is 0 Å². The molecule has 5 nitrogen and oxygen atoms in total. The zero-order valence-corrected chi connectivity index (χ0v) is 13.1. The fourth-order valence-corrected chi connectivity index (χ4v) is 2.89. The first-order chi connectivity index (χ1) is 10.6. The van der Waals surface area contributed by atoms with Crippen LogP contribution in [-0.4, -0.2) is 29.1 Å².